The molecular formula is C11H18N2O2S. The summed E-state index contributed by atoms with van der Waals surface area (Å²) in [5.41, 5.74) is 12.9. The first-order valence-corrected chi connectivity index (χ1v) is 6.92. The molecule has 0 aliphatic carbocycles. The minimum atomic E-state index is -3.12. The van der Waals surface area contributed by atoms with Crippen molar-refractivity contribution in [3.8, 4) is 0 Å². The maximum Gasteiger partial charge on any atom is 0.154 e. The standard InChI is InChI=1S/C11H18N2O2S/c1-3-16(14,15)8(2)11(13)9-5-4-6-10(12)7-9/h4-8,11H,3,12-13H2,1-2H3/t8-,11-/m1/s1. The summed E-state index contributed by atoms with van der Waals surface area (Å²) < 4.78 is 23.4. The van der Waals surface area contributed by atoms with Gasteiger partial charge in [-0.1, -0.05) is 19.1 Å². The molecule has 1 rings (SSSR count). The van der Waals surface area contributed by atoms with Gasteiger partial charge in [-0.2, -0.15) is 0 Å². The fraction of sp³-hybridized carbons (Fsp3) is 0.455. The van der Waals surface area contributed by atoms with Gasteiger partial charge in [-0.05, 0) is 24.6 Å². The van der Waals surface area contributed by atoms with Crippen LogP contribution >= 0.6 is 0 Å². The third kappa shape index (κ3) is 2.74. The summed E-state index contributed by atoms with van der Waals surface area (Å²) in [5.74, 6) is 0.101. The zero-order valence-electron chi connectivity index (χ0n) is 9.55. The number of benzene rings is 1. The van der Waals surface area contributed by atoms with E-state index in [1.807, 2.05) is 0 Å². The Morgan fingerprint density at radius 3 is 2.50 bits per heavy atom. The van der Waals surface area contributed by atoms with E-state index in [0.717, 1.165) is 5.56 Å². The molecule has 0 bridgehead atoms. The SMILES string of the molecule is CCS(=O)(=O)[C@H](C)[C@@H](N)c1cccc(N)c1. The summed E-state index contributed by atoms with van der Waals surface area (Å²) in [6, 6.07) is 6.49. The lowest BCUT2D eigenvalue weighted by Gasteiger charge is -2.20. The van der Waals surface area contributed by atoms with Crippen LogP contribution < -0.4 is 11.5 Å². The van der Waals surface area contributed by atoms with E-state index in [-0.39, 0.29) is 5.75 Å². The van der Waals surface area contributed by atoms with Gasteiger partial charge in [-0.3, -0.25) is 0 Å². The van der Waals surface area contributed by atoms with E-state index in [0.29, 0.717) is 5.69 Å². The van der Waals surface area contributed by atoms with Gasteiger partial charge in [0.25, 0.3) is 0 Å². The van der Waals surface area contributed by atoms with E-state index in [4.69, 9.17) is 11.5 Å². The van der Waals surface area contributed by atoms with Crippen LogP contribution in [0.5, 0.6) is 0 Å². The number of rotatable bonds is 4. The van der Waals surface area contributed by atoms with Crippen molar-refractivity contribution >= 4 is 15.5 Å². The summed E-state index contributed by atoms with van der Waals surface area (Å²) in [6.45, 7) is 3.25. The monoisotopic (exact) mass is 242 g/mol. The third-order valence-corrected chi connectivity index (χ3v) is 5.00. The fourth-order valence-electron chi connectivity index (χ4n) is 1.52. The van der Waals surface area contributed by atoms with Crippen molar-refractivity contribution in [3.63, 3.8) is 0 Å². The number of nitrogens with two attached hydrogens (primary N) is 2. The highest BCUT2D eigenvalue weighted by atomic mass is 32.2. The summed E-state index contributed by atoms with van der Waals surface area (Å²) in [4.78, 5) is 0. The lowest BCUT2D eigenvalue weighted by Crippen LogP contribution is -2.32. The molecule has 2 atom stereocenters. The van der Waals surface area contributed by atoms with Crippen LogP contribution in [0.1, 0.15) is 25.5 Å². The Kier molecular flexibility index (Phi) is 3.93. The van der Waals surface area contributed by atoms with Crippen molar-refractivity contribution in [2.24, 2.45) is 5.73 Å². The maximum atomic E-state index is 11.7. The molecule has 0 amide bonds. The molecule has 0 saturated heterocycles. The molecule has 0 heterocycles. The summed E-state index contributed by atoms with van der Waals surface area (Å²) in [6.07, 6.45) is 0. The van der Waals surface area contributed by atoms with Crippen LogP contribution in [0.3, 0.4) is 0 Å². The van der Waals surface area contributed by atoms with Gasteiger partial charge in [0.2, 0.25) is 0 Å². The first-order chi connectivity index (χ1) is 7.38. The van der Waals surface area contributed by atoms with Crippen molar-refractivity contribution in [1.29, 1.82) is 0 Å². The molecule has 90 valence electrons. The maximum absolute atomic E-state index is 11.7. The molecule has 0 aliphatic rings. The normalized spacial score (nSPS) is 15.7. The molecule has 4 nitrogen and oxygen atoms in total. The van der Waals surface area contributed by atoms with Crippen LogP contribution in [0.15, 0.2) is 24.3 Å². The van der Waals surface area contributed by atoms with Gasteiger partial charge in [0.1, 0.15) is 0 Å². The van der Waals surface area contributed by atoms with Crippen molar-refractivity contribution < 1.29 is 8.42 Å². The minimum absolute atomic E-state index is 0.101. The second kappa shape index (κ2) is 4.84. The zero-order chi connectivity index (χ0) is 12.3. The summed E-state index contributed by atoms with van der Waals surface area (Å²) in [5, 5.41) is -0.598. The predicted molar refractivity (Wildman–Crippen MR) is 66.7 cm³/mol. The topological polar surface area (TPSA) is 86.2 Å². The van der Waals surface area contributed by atoms with Gasteiger partial charge in [0.15, 0.2) is 9.84 Å². The van der Waals surface area contributed by atoms with Gasteiger partial charge >= 0.3 is 0 Å². The predicted octanol–water partition coefficient (Wildman–Crippen LogP) is 1.09. The Morgan fingerprint density at radius 1 is 1.38 bits per heavy atom. The second-order valence-corrected chi connectivity index (χ2v) is 6.50. The molecular weight excluding hydrogens is 224 g/mol. The van der Waals surface area contributed by atoms with Crippen molar-refractivity contribution in [2.75, 3.05) is 11.5 Å². The van der Waals surface area contributed by atoms with E-state index >= 15 is 0 Å². The Balaban J connectivity index is 2.99. The molecule has 0 aliphatic heterocycles. The summed E-state index contributed by atoms with van der Waals surface area (Å²) >= 11 is 0. The molecule has 0 radical (unpaired) electrons. The molecule has 0 saturated carbocycles. The highest BCUT2D eigenvalue weighted by molar-refractivity contribution is 7.92. The average Bonchev–Trinajstić information content (AvgIpc) is 2.27. The quantitative estimate of drug-likeness (QED) is 0.774. The molecule has 0 fully saturated rings. The summed E-state index contributed by atoms with van der Waals surface area (Å²) in [7, 11) is -3.12. The number of nitrogen functional groups attached to an aromatic ring is 1. The van der Waals surface area contributed by atoms with Crippen LogP contribution in [-0.2, 0) is 9.84 Å². The molecule has 4 N–H and O–H groups in total. The molecule has 16 heavy (non-hydrogen) atoms. The fourth-order valence-corrected chi connectivity index (χ4v) is 2.65. The van der Waals surface area contributed by atoms with Gasteiger partial charge in [0, 0.05) is 17.5 Å². The van der Waals surface area contributed by atoms with E-state index in [1.54, 1.807) is 38.1 Å². The molecule has 0 spiro atoms. The molecule has 0 unspecified atom stereocenters. The minimum Gasteiger partial charge on any atom is -0.399 e. The molecule has 1 aromatic carbocycles. The zero-order valence-corrected chi connectivity index (χ0v) is 10.4. The third-order valence-electron chi connectivity index (χ3n) is 2.77. The van der Waals surface area contributed by atoms with Crippen LogP contribution in [0, 0.1) is 0 Å². The van der Waals surface area contributed by atoms with Crippen LogP contribution in [0.25, 0.3) is 0 Å². The largest absolute Gasteiger partial charge is 0.399 e. The van der Waals surface area contributed by atoms with Crippen molar-refractivity contribution in [1.82, 2.24) is 0 Å². The average molecular weight is 242 g/mol. The first-order valence-electron chi connectivity index (χ1n) is 5.21. The molecule has 0 aromatic heterocycles. The van der Waals surface area contributed by atoms with Gasteiger partial charge in [-0.25, -0.2) is 8.42 Å². The highest BCUT2D eigenvalue weighted by Crippen LogP contribution is 2.21. The Morgan fingerprint density at radius 2 is 2.00 bits per heavy atom. The molecule has 1 aromatic rings. The van der Waals surface area contributed by atoms with E-state index in [2.05, 4.69) is 0 Å². The Labute approximate surface area is 96.6 Å². The highest BCUT2D eigenvalue weighted by Gasteiger charge is 2.26. The van der Waals surface area contributed by atoms with Crippen LogP contribution in [0.2, 0.25) is 0 Å². The van der Waals surface area contributed by atoms with Crippen LogP contribution in [0.4, 0.5) is 5.69 Å². The number of anilines is 1. The van der Waals surface area contributed by atoms with Gasteiger partial charge in [-0.15, -0.1) is 0 Å². The lowest BCUT2D eigenvalue weighted by atomic mass is 10.0. The van der Waals surface area contributed by atoms with Crippen molar-refractivity contribution in [3.05, 3.63) is 29.8 Å². The molecule has 5 heteroatoms. The van der Waals surface area contributed by atoms with E-state index in [1.165, 1.54) is 0 Å². The van der Waals surface area contributed by atoms with E-state index < -0.39 is 21.1 Å². The Hall–Kier alpha value is -1.07. The smallest absolute Gasteiger partial charge is 0.154 e. The Bertz CT molecular complexity index is 457. The first kappa shape index (κ1) is 13.0. The second-order valence-electron chi connectivity index (χ2n) is 3.85. The number of hydrogen-bond donors (Lipinski definition) is 2. The van der Waals surface area contributed by atoms with E-state index in [9.17, 15) is 8.42 Å². The lowest BCUT2D eigenvalue weighted by molar-refractivity contribution is 0.566. The number of sulfone groups is 1. The van der Waals surface area contributed by atoms with Gasteiger partial charge in [0.05, 0.1) is 5.25 Å². The van der Waals surface area contributed by atoms with Gasteiger partial charge < -0.3 is 11.5 Å². The number of hydrogen-bond acceptors (Lipinski definition) is 4. The van der Waals surface area contributed by atoms with Crippen LogP contribution in [-0.4, -0.2) is 19.4 Å². The van der Waals surface area contributed by atoms with Crippen molar-refractivity contribution in [2.45, 2.75) is 25.1 Å².